The third kappa shape index (κ3) is 2.24. The molecule has 0 saturated heterocycles. The Morgan fingerprint density at radius 1 is 1.35 bits per heavy atom. The van der Waals surface area contributed by atoms with Crippen molar-refractivity contribution in [3.8, 4) is 6.07 Å². The molecule has 1 amide bonds. The van der Waals surface area contributed by atoms with Gasteiger partial charge in [-0.05, 0) is 37.5 Å². The zero-order valence-electron chi connectivity index (χ0n) is 8.96. The lowest BCUT2D eigenvalue weighted by Crippen LogP contribution is -2.40. The van der Waals surface area contributed by atoms with Crippen molar-refractivity contribution in [2.75, 3.05) is 5.32 Å². The number of carbonyl (C=O) groups excluding carboxylic acids is 1. The Labute approximate surface area is 109 Å². The monoisotopic (exact) mass is 268 g/mol. The van der Waals surface area contributed by atoms with E-state index >= 15 is 0 Å². The predicted octanol–water partition coefficient (Wildman–Crippen LogP) is 3.63. The first kappa shape index (κ1) is 12.2. The zero-order valence-corrected chi connectivity index (χ0v) is 10.5. The summed E-state index contributed by atoms with van der Waals surface area (Å²) in [6.07, 6.45) is 2.16. The van der Waals surface area contributed by atoms with E-state index in [1.54, 1.807) is 18.2 Å². The standard InChI is InChI=1S/C12H10Cl2N2O/c13-9-3-2-8(6-10(9)14)16-11(17)12(7-15)4-1-5-12/h2-3,6H,1,4-5H2,(H,16,17). The number of nitrogens with one attached hydrogen (secondary N) is 1. The average molecular weight is 269 g/mol. The molecule has 2 rings (SSSR count). The lowest BCUT2D eigenvalue weighted by Gasteiger charge is -2.33. The van der Waals surface area contributed by atoms with Gasteiger partial charge in [-0.3, -0.25) is 4.79 Å². The van der Waals surface area contributed by atoms with Crippen LogP contribution in [0.5, 0.6) is 0 Å². The van der Waals surface area contributed by atoms with Gasteiger partial charge in [0.2, 0.25) is 5.91 Å². The van der Waals surface area contributed by atoms with Gasteiger partial charge in [0.1, 0.15) is 5.41 Å². The Hall–Kier alpha value is -1.24. The number of rotatable bonds is 2. The molecule has 0 radical (unpaired) electrons. The molecule has 0 spiro atoms. The number of carbonyl (C=O) groups is 1. The van der Waals surface area contributed by atoms with Crippen LogP contribution in [0, 0.1) is 16.7 Å². The van der Waals surface area contributed by atoms with Gasteiger partial charge in [0.25, 0.3) is 0 Å². The van der Waals surface area contributed by atoms with Crippen molar-refractivity contribution in [1.82, 2.24) is 0 Å². The number of benzene rings is 1. The van der Waals surface area contributed by atoms with Gasteiger partial charge >= 0.3 is 0 Å². The van der Waals surface area contributed by atoms with Gasteiger partial charge in [-0.25, -0.2) is 0 Å². The van der Waals surface area contributed by atoms with Crippen molar-refractivity contribution in [1.29, 1.82) is 5.26 Å². The number of anilines is 1. The molecule has 1 aromatic rings. The van der Waals surface area contributed by atoms with Gasteiger partial charge in [0.05, 0.1) is 16.1 Å². The van der Waals surface area contributed by atoms with E-state index in [1.165, 1.54) is 0 Å². The fourth-order valence-electron chi connectivity index (χ4n) is 1.74. The number of nitriles is 1. The summed E-state index contributed by atoms with van der Waals surface area (Å²) in [4.78, 5) is 11.9. The van der Waals surface area contributed by atoms with E-state index in [0.29, 0.717) is 28.6 Å². The topological polar surface area (TPSA) is 52.9 Å². The van der Waals surface area contributed by atoms with Gasteiger partial charge in [-0.15, -0.1) is 0 Å². The van der Waals surface area contributed by atoms with Crippen LogP contribution >= 0.6 is 23.2 Å². The van der Waals surface area contributed by atoms with E-state index < -0.39 is 5.41 Å². The van der Waals surface area contributed by atoms with Crippen LogP contribution in [-0.4, -0.2) is 5.91 Å². The Balaban J connectivity index is 2.13. The second-order valence-corrected chi connectivity index (χ2v) is 4.94. The predicted molar refractivity (Wildman–Crippen MR) is 67.0 cm³/mol. The SMILES string of the molecule is N#CC1(C(=O)Nc2ccc(Cl)c(Cl)c2)CCC1. The maximum atomic E-state index is 11.9. The van der Waals surface area contributed by atoms with Crippen LogP contribution in [0.3, 0.4) is 0 Å². The van der Waals surface area contributed by atoms with Crippen LogP contribution < -0.4 is 5.32 Å². The van der Waals surface area contributed by atoms with Crippen molar-refractivity contribution in [3.63, 3.8) is 0 Å². The molecule has 1 N–H and O–H groups in total. The zero-order chi connectivity index (χ0) is 12.5. The largest absolute Gasteiger partial charge is 0.325 e. The van der Waals surface area contributed by atoms with Crippen LogP contribution in [0.15, 0.2) is 18.2 Å². The summed E-state index contributed by atoms with van der Waals surface area (Å²) in [5.74, 6) is -0.260. The highest BCUT2D eigenvalue weighted by molar-refractivity contribution is 6.42. The molecular weight excluding hydrogens is 259 g/mol. The molecule has 0 bridgehead atoms. The summed E-state index contributed by atoms with van der Waals surface area (Å²) in [6, 6.07) is 6.94. The minimum atomic E-state index is -0.855. The Morgan fingerprint density at radius 2 is 2.06 bits per heavy atom. The molecule has 3 nitrogen and oxygen atoms in total. The maximum absolute atomic E-state index is 11.9. The number of hydrogen-bond donors (Lipinski definition) is 1. The molecule has 1 aliphatic rings. The highest BCUT2D eigenvalue weighted by atomic mass is 35.5. The van der Waals surface area contributed by atoms with Crippen molar-refractivity contribution in [3.05, 3.63) is 28.2 Å². The van der Waals surface area contributed by atoms with Crippen LogP contribution in [0.4, 0.5) is 5.69 Å². The molecule has 1 fully saturated rings. The number of hydrogen-bond acceptors (Lipinski definition) is 2. The van der Waals surface area contributed by atoms with Crippen molar-refractivity contribution in [2.24, 2.45) is 5.41 Å². The lowest BCUT2D eigenvalue weighted by atomic mass is 9.69. The molecule has 0 aromatic heterocycles. The summed E-state index contributed by atoms with van der Waals surface area (Å²) >= 11 is 11.6. The molecular formula is C12H10Cl2N2O. The third-order valence-electron chi connectivity index (χ3n) is 3.03. The molecule has 0 aliphatic heterocycles. The molecule has 17 heavy (non-hydrogen) atoms. The average Bonchev–Trinajstić information content (AvgIpc) is 2.23. The molecule has 0 heterocycles. The first-order valence-corrected chi connectivity index (χ1v) is 6.01. The number of halogens is 2. The van der Waals surface area contributed by atoms with E-state index in [9.17, 15) is 4.79 Å². The lowest BCUT2D eigenvalue weighted by molar-refractivity contribution is -0.126. The second kappa shape index (κ2) is 4.56. The fourth-order valence-corrected chi connectivity index (χ4v) is 2.04. The van der Waals surface area contributed by atoms with Gasteiger partial charge < -0.3 is 5.32 Å². The van der Waals surface area contributed by atoms with Gasteiger partial charge in [-0.1, -0.05) is 23.2 Å². The van der Waals surface area contributed by atoms with E-state index in [2.05, 4.69) is 11.4 Å². The molecule has 1 saturated carbocycles. The molecule has 88 valence electrons. The van der Waals surface area contributed by atoms with Crippen molar-refractivity contribution in [2.45, 2.75) is 19.3 Å². The molecule has 0 unspecified atom stereocenters. The van der Waals surface area contributed by atoms with E-state index in [1.807, 2.05) is 0 Å². The van der Waals surface area contributed by atoms with Gasteiger partial charge in [-0.2, -0.15) is 5.26 Å². The fraction of sp³-hybridized carbons (Fsp3) is 0.333. The van der Waals surface area contributed by atoms with Crippen molar-refractivity contribution < 1.29 is 4.79 Å². The van der Waals surface area contributed by atoms with Crippen molar-refractivity contribution >= 4 is 34.8 Å². The summed E-state index contributed by atoms with van der Waals surface area (Å²) in [5.41, 5.74) is -0.294. The molecule has 1 aliphatic carbocycles. The summed E-state index contributed by atoms with van der Waals surface area (Å²) < 4.78 is 0. The minimum absolute atomic E-state index is 0.260. The third-order valence-corrected chi connectivity index (χ3v) is 3.77. The highest BCUT2D eigenvalue weighted by Crippen LogP contribution is 2.41. The van der Waals surface area contributed by atoms with E-state index in [-0.39, 0.29) is 5.91 Å². The van der Waals surface area contributed by atoms with Crippen LogP contribution in [0.25, 0.3) is 0 Å². The Bertz CT molecular complexity index is 504. The number of amides is 1. The van der Waals surface area contributed by atoms with Crippen LogP contribution in [0.2, 0.25) is 10.0 Å². The minimum Gasteiger partial charge on any atom is -0.325 e. The first-order valence-electron chi connectivity index (χ1n) is 5.25. The van der Waals surface area contributed by atoms with Crippen LogP contribution in [0.1, 0.15) is 19.3 Å². The normalized spacial score (nSPS) is 16.8. The maximum Gasteiger partial charge on any atom is 0.244 e. The summed E-state index contributed by atoms with van der Waals surface area (Å²) in [6.45, 7) is 0. The highest BCUT2D eigenvalue weighted by Gasteiger charge is 2.44. The number of nitrogens with zero attached hydrogens (tertiary/aromatic N) is 1. The second-order valence-electron chi connectivity index (χ2n) is 4.13. The van der Waals surface area contributed by atoms with E-state index in [0.717, 1.165) is 6.42 Å². The Morgan fingerprint density at radius 3 is 2.53 bits per heavy atom. The molecule has 0 atom stereocenters. The van der Waals surface area contributed by atoms with Gasteiger partial charge in [0.15, 0.2) is 0 Å². The van der Waals surface area contributed by atoms with Gasteiger partial charge in [0, 0.05) is 5.69 Å². The first-order chi connectivity index (χ1) is 8.07. The summed E-state index contributed by atoms with van der Waals surface area (Å²) in [7, 11) is 0. The van der Waals surface area contributed by atoms with Crippen LogP contribution in [-0.2, 0) is 4.79 Å². The Kier molecular flexibility index (Phi) is 3.28. The quantitative estimate of drug-likeness (QED) is 0.891. The molecule has 1 aromatic carbocycles. The van der Waals surface area contributed by atoms with E-state index in [4.69, 9.17) is 28.5 Å². The molecule has 5 heteroatoms. The summed E-state index contributed by atoms with van der Waals surface area (Å²) in [5, 5.41) is 12.5. The smallest absolute Gasteiger partial charge is 0.244 e.